The maximum Gasteiger partial charge on any atom is 0.251 e. The van der Waals surface area contributed by atoms with Gasteiger partial charge in [-0.2, -0.15) is 0 Å². The molecule has 1 heterocycles. The summed E-state index contributed by atoms with van der Waals surface area (Å²) in [6, 6.07) is 24.4. The van der Waals surface area contributed by atoms with Gasteiger partial charge in [0.15, 0.2) is 0 Å². The standard InChI is InChI=1S/C28H30N2O2/c1-32-26-15-14-23-16-18-30(21-25(23)19-26)20-24-12-5-6-13-27(24)28(31)29-17-8-7-11-22-9-3-2-4-10-22/h2-7,9-15,19H,8,16-18,20-21H2,1H3,(H,29,31). The lowest BCUT2D eigenvalue weighted by Crippen LogP contribution is -2.31. The van der Waals surface area contributed by atoms with Crippen LogP contribution in [0.15, 0.2) is 78.9 Å². The van der Waals surface area contributed by atoms with Crippen LogP contribution in [-0.2, 0) is 19.5 Å². The Morgan fingerprint density at radius 2 is 1.84 bits per heavy atom. The molecule has 0 atom stereocenters. The van der Waals surface area contributed by atoms with Gasteiger partial charge in [0.1, 0.15) is 5.75 Å². The maximum absolute atomic E-state index is 12.9. The van der Waals surface area contributed by atoms with Crippen molar-refractivity contribution in [2.24, 2.45) is 0 Å². The van der Waals surface area contributed by atoms with Gasteiger partial charge in [-0.05, 0) is 53.3 Å². The van der Waals surface area contributed by atoms with Crippen molar-refractivity contribution in [3.05, 3.63) is 107 Å². The summed E-state index contributed by atoms with van der Waals surface area (Å²) < 4.78 is 5.39. The van der Waals surface area contributed by atoms with Crippen molar-refractivity contribution >= 4 is 12.0 Å². The number of methoxy groups -OCH3 is 1. The third-order valence-electron chi connectivity index (χ3n) is 5.87. The Labute approximate surface area is 190 Å². The SMILES string of the molecule is COc1ccc2c(c1)CN(Cc1ccccc1C(=O)NCCC=Cc1ccccc1)CC2. The van der Waals surface area contributed by atoms with E-state index in [2.05, 4.69) is 52.7 Å². The predicted octanol–water partition coefficient (Wildman–Crippen LogP) is 5.09. The minimum atomic E-state index is -0.00668. The average Bonchev–Trinajstić information content (AvgIpc) is 2.84. The lowest BCUT2D eigenvalue weighted by atomic mass is 9.98. The van der Waals surface area contributed by atoms with E-state index in [0.717, 1.165) is 49.4 Å². The van der Waals surface area contributed by atoms with E-state index < -0.39 is 0 Å². The number of hydrogen-bond acceptors (Lipinski definition) is 3. The first-order valence-electron chi connectivity index (χ1n) is 11.2. The Hall–Kier alpha value is -3.37. The fourth-order valence-electron chi connectivity index (χ4n) is 4.12. The zero-order valence-corrected chi connectivity index (χ0v) is 18.6. The Balaban J connectivity index is 1.34. The minimum absolute atomic E-state index is 0.00668. The van der Waals surface area contributed by atoms with Crippen molar-refractivity contribution in [1.82, 2.24) is 10.2 Å². The Bertz CT molecular complexity index is 1080. The number of nitrogens with zero attached hydrogens (tertiary/aromatic N) is 1. The van der Waals surface area contributed by atoms with Crippen LogP contribution in [-0.4, -0.2) is 31.0 Å². The molecular formula is C28H30N2O2. The quantitative estimate of drug-likeness (QED) is 0.510. The molecule has 0 unspecified atom stereocenters. The maximum atomic E-state index is 12.9. The highest BCUT2D eigenvalue weighted by Crippen LogP contribution is 2.25. The van der Waals surface area contributed by atoms with Crippen molar-refractivity contribution in [3.8, 4) is 5.75 Å². The summed E-state index contributed by atoms with van der Waals surface area (Å²) in [5.41, 5.74) is 5.69. The highest BCUT2D eigenvalue weighted by Gasteiger charge is 2.19. The number of rotatable bonds is 8. The first kappa shape index (κ1) is 21.8. The first-order valence-corrected chi connectivity index (χ1v) is 11.2. The van der Waals surface area contributed by atoms with Crippen LogP contribution in [0.2, 0.25) is 0 Å². The smallest absolute Gasteiger partial charge is 0.251 e. The van der Waals surface area contributed by atoms with Crippen LogP contribution in [0.5, 0.6) is 5.75 Å². The van der Waals surface area contributed by atoms with Gasteiger partial charge in [-0.15, -0.1) is 0 Å². The molecule has 0 radical (unpaired) electrons. The Kier molecular flexibility index (Phi) is 7.36. The summed E-state index contributed by atoms with van der Waals surface area (Å²) in [5.74, 6) is 0.888. The number of carbonyl (C=O) groups excluding carboxylic acids is 1. The summed E-state index contributed by atoms with van der Waals surface area (Å²) in [6.07, 6.45) is 6.00. The third-order valence-corrected chi connectivity index (χ3v) is 5.87. The zero-order valence-electron chi connectivity index (χ0n) is 18.6. The number of ether oxygens (including phenoxy) is 1. The molecule has 0 bridgehead atoms. The second-order valence-corrected chi connectivity index (χ2v) is 8.11. The molecule has 0 aromatic heterocycles. The average molecular weight is 427 g/mol. The number of amides is 1. The van der Waals surface area contributed by atoms with Crippen LogP contribution in [0.3, 0.4) is 0 Å². The minimum Gasteiger partial charge on any atom is -0.497 e. The van der Waals surface area contributed by atoms with Gasteiger partial charge in [0.05, 0.1) is 7.11 Å². The first-order chi connectivity index (χ1) is 15.7. The van der Waals surface area contributed by atoms with Gasteiger partial charge < -0.3 is 10.1 Å². The molecule has 0 aliphatic carbocycles. The highest BCUT2D eigenvalue weighted by atomic mass is 16.5. The topological polar surface area (TPSA) is 41.6 Å². The van der Waals surface area contributed by atoms with Gasteiger partial charge >= 0.3 is 0 Å². The van der Waals surface area contributed by atoms with Crippen LogP contribution in [0.4, 0.5) is 0 Å². The normalized spacial score (nSPS) is 13.7. The van der Waals surface area contributed by atoms with E-state index in [0.29, 0.717) is 6.54 Å². The van der Waals surface area contributed by atoms with Crippen molar-refractivity contribution in [2.45, 2.75) is 25.9 Å². The molecule has 3 aromatic rings. The number of nitrogens with one attached hydrogen (secondary N) is 1. The summed E-state index contributed by atoms with van der Waals surface area (Å²) in [5, 5.41) is 3.07. The Morgan fingerprint density at radius 3 is 2.69 bits per heavy atom. The summed E-state index contributed by atoms with van der Waals surface area (Å²) in [4.78, 5) is 15.3. The van der Waals surface area contributed by atoms with E-state index in [4.69, 9.17) is 4.74 Å². The molecule has 4 rings (SSSR count). The third kappa shape index (κ3) is 5.65. The number of fused-ring (bicyclic) bond motifs is 1. The predicted molar refractivity (Wildman–Crippen MR) is 130 cm³/mol. The van der Waals surface area contributed by atoms with E-state index in [1.54, 1.807) is 7.11 Å². The van der Waals surface area contributed by atoms with Crippen molar-refractivity contribution in [2.75, 3.05) is 20.2 Å². The molecule has 1 N–H and O–H groups in total. The van der Waals surface area contributed by atoms with Gasteiger partial charge in [0.25, 0.3) is 5.91 Å². The molecule has 3 aromatic carbocycles. The van der Waals surface area contributed by atoms with Crippen LogP contribution in [0.25, 0.3) is 6.08 Å². The van der Waals surface area contributed by atoms with Gasteiger partial charge in [-0.25, -0.2) is 0 Å². The molecule has 0 fully saturated rings. The summed E-state index contributed by atoms with van der Waals surface area (Å²) >= 11 is 0. The van der Waals surface area contributed by atoms with E-state index in [1.165, 1.54) is 16.7 Å². The van der Waals surface area contributed by atoms with Gasteiger partial charge in [-0.1, -0.05) is 66.7 Å². The number of hydrogen-bond donors (Lipinski definition) is 1. The van der Waals surface area contributed by atoms with Crippen molar-refractivity contribution in [1.29, 1.82) is 0 Å². The van der Waals surface area contributed by atoms with Gasteiger partial charge in [0.2, 0.25) is 0 Å². The van der Waals surface area contributed by atoms with Crippen LogP contribution >= 0.6 is 0 Å². The second kappa shape index (κ2) is 10.8. The molecule has 4 heteroatoms. The van der Waals surface area contributed by atoms with E-state index in [1.807, 2.05) is 42.5 Å². The van der Waals surface area contributed by atoms with Gasteiger partial charge in [-0.3, -0.25) is 9.69 Å². The molecule has 164 valence electrons. The molecule has 0 saturated carbocycles. The lowest BCUT2D eigenvalue weighted by Gasteiger charge is -2.29. The molecule has 1 aliphatic rings. The fraction of sp³-hybridized carbons (Fsp3) is 0.250. The molecule has 0 spiro atoms. The monoisotopic (exact) mass is 426 g/mol. The molecule has 1 amide bonds. The second-order valence-electron chi connectivity index (χ2n) is 8.11. The van der Waals surface area contributed by atoms with E-state index in [-0.39, 0.29) is 5.91 Å². The van der Waals surface area contributed by atoms with Crippen LogP contribution < -0.4 is 10.1 Å². The Morgan fingerprint density at radius 1 is 1.03 bits per heavy atom. The number of benzene rings is 3. The van der Waals surface area contributed by atoms with Crippen LogP contribution in [0.1, 0.15) is 39.0 Å². The van der Waals surface area contributed by atoms with Crippen LogP contribution in [0, 0.1) is 0 Å². The molecule has 4 nitrogen and oxygen atoms in total. The molecule has 0 saturated heterocycles. The van der Waals surface area contributed by atoms with Gasteiger partial charge in [0, 0.05) is 31.7 Å². The molecular weight excluding hydrogens is 396 g/mol. The lowest BCUT2D eigenvalue weighted by molar-refractivity contribution is 0.0952. The molecule has 1 aliphatic heterocycles. The van der Waals surface area contributed by atoms with E-state index >= 15 is 0 Å². The highest BCUT2D eigenvalue weighted by molar-refractivity contribution is 5.95. The largest absolute Gasteiger partial charge is 0.497 e. The zero-order chi connectivity index (χ0) is 22.2. The summed E-state index contributed by atoms with van der Waals surface area (Å²) in [7, 11) is 1.70. The fourth-order valence-corrected chi connectivity index (χ4v) is 4.12. The molecule has 32 heavy (non-hydrogen) atoms. The van der Waals surface area contributed by atoms with E-state index in [9.17, 15) is 4.79 Å². The summed E-state index contributed by atoms with van der Waals surface area (Å²) in [6.45, 7) is 3.23. The van der Waals surface area contributed by atoms with Crippen molar-refractivity contribution < 1.29 is 9.53 Å². The number of carbonyl (C=O) groups is 1. The van der Waals surface area contributed by atoms with Crippen molar-refractivity contribution in [3.63, 3.8) is 0 Å².